The fourth-order valence-electron chi connectivity index (χ4n) is 4.73. The van der Waals surface area contributed by atoms with E-state index in [0.29, 0.717) is 29.8 Å². The van der Waals surface area contributed by atoms with Gasteiger partial charge >= 0.3 is 5.97 Å². The number of aromatic nitrogens is 2. The first-order valence-electron chi connectivity index (χ1n) is 10.2. The molecule has 4 rings (SSSR count). The summed E-state index contributed by atoms with van der Waals surface area (Å²) >= 11 is 0. The Bertz CT molecular complexity index is 1010. The van der Waals surface area contributed by atoms with Crippen LogP contribution in [-0.2, 0) is 11.2 Å². The molecule has 2 atom stereocenters. The molecule has 0 amide bonds. The molecule has 0 bridgehead atoms. The fourth-order valence-corrected chi connectivity index (χ4v) is 4.73. The number of carboxylic acids is 1. The van der Waals surface area contributed by atoms with Crippen molar-refractivity contribution < 1.29 is 15.0 Å². The van der Waals surface area contributed by atoms with Crippen LogP contribution in [0.3, 0.4) is 0 Å². The third-order valence-corrected chi connectivity index (χ3v) is 6.20. The van der Waals surface area contributed by atoms with E-state index in [1.54, 1.807) is 6.07 Å². The monoisotopic (exact) mass is 407 g/mol. The van der Waals surface area contributed by atoms with E-state index in [1.165, 1.54) is 6.07 Å². The number of rotatable bonds is 3. The fraction of sp³-hybridized carbons (Fsp3) is 0.455. The SMILES string of the molecule is Cc1cc(C#N)cc(O)c1-c1cc2c(nn1)N([C@@H]1CC[C@H](C(=O)O)N(C)C1)CCC2. The van der Waals surface area contributed by atoms with Crippen molar-refractivity contribution in [1.82, 2.24) is 15.1 Å². The Balaban J connectivity index is 1.63. The lowest BCUT2D eigenvalue weighted by molar-refractivity contribution is -0.144. The lowest BCUT2D eigenvalue weighted by Crippen LogP contribution is -2.54. The van der Waals surface area contributed by atoms with Crippen LogP contribution in [0, 0.1) is 18.3 Å². The number of nitriles is 1. The molecule has 0 unspecified atom stereocenters. The number of aliphatic carboxylic acids is 1. The summed E-state index contributed by atoms with van der Waals surface area (Å²) in [6, 6.07) is 6.99. The normalized spacial score (nSPS) is 21.7. The average Bonchev–Trinajstić information content (AvgIpc) is 2.72. The molecule has 8 nitrogen and oxygen atoms in total. The van der Waals surface area contributed by atoms with Gasteiger partial charge in [-0.25, -0.2) is 0 Å². The molecule has 0 saturated carbocycles. The number of fused-ring (bicyclic) bond motifs is 1. The van der Waals surface area contributed by atoms with Gasteiger partial charge in [0.25, 0.3) is 0 Å². The van der Waals surface area contributed by atoms with E-state index >= 15 is 0 Å². The Labute approximate surface area is 175 Å². The van der Waals surface area contributed by atoms with Gasteiger partial charge in [-0.3, -0.25) is 9.69 Å². The van der Waals surface area contributed by atoms with Gasteiger partial charge in [0, 0.05) is 24.7 Å². The van der Waals surface area contributed by atoms with Crippen LogP contribution < -0.4 is 4.90 Å². The summed E-state index contributed by atoms with van der Waals surface area (Å²) in [4.78, 5) is 15.6. The van der Waals surface area contributed by atoms with Gasteiger partial charge in [-0.1, -0.05) is 0 Å². The highest BCUT2D eigenvalue weighted by Gasteiger charge is 2.35. The van der Waals surface area contributed by atoms with Gasteiger partial charge in [-0.15, -0.1) is 10.2 Å². The first-order valence-corrected chi connectivity index (χ1v) is 10.2. The summed E-state index contributed by atoms with van der Waals surface area (Å²) in [5.41, 5.74) is 3.47. The van der Waals surface area contributed by atoms with E-state index in [4.69, 9.17) is 5.26 Å². The van der Waals surface area contributed by atoms with Crippen LogP contribution in [0.15, 0.2) is 18.2 Å². The number of phenols is 1. The van der Waals surface area contributed by atoms with Crippen LogP contribution >= 0.6 is 0 Å². The van der Waals surface area contributed by atoms with E-state index in [-0.39, 0.29) is 11.8 Å². The quantitative estimate of drug-likeness (QED) is 0.797. The zero-order chi connectivity index (χ0) is 21.4. The number of phenolic OH excluding ortho intramolecular Hbond substituents is 1. The number of aryl methyl sites for hydroxylation is 2. The minimum absolute atomic E-state index is 0.0297. The van der Waals surface area contributed by atoms with Crippen LogP contribution in [-0.4, -0.2) is 63.5 Å². The van der Waals surface area contributed by atoms with Gasteiger partial charge in [0.2, 0.25) is 0 Å². The van der Waals surface area contributed by atoms with Crippen LogP contribution in [0.4, 0.5) is 5.82 Å². The molecule has 2 aliphatic heterocycles. The summed E-state index contributed by atoms with van der Waals surface area (Å²) in [6.45, 7) is 3.40. The predicted octanol–water partition coefficient (Wildman–Crippen LogP) is 2.33. The minimum atomic E-state index is -0.767. The number of likely N-dealkylation sites (tertiary alicyclic amines) is 1. The van der Waals surface area contributed by atoms with E-state index in [9.17, 15) is 15.0 Å². The van der Waals surface area contributed by atoms with Crippen molar-refractivity contribution in [2.45, 2.75) is 44.7 Å². The summed E-state index contributed by atoms with van der Waals surface area (Å²) in [7, 11) is 1.86. The standard InChI is InChI=1S/C22H25N5O3/c1-13-8-14(11-23)9-19(28)20(13)17-10-15-4-3-7-27(21(15)25-24-17)16-5-6-18(22(29)30)26(2)12-16/h8-10,16,18,28H,3-7,12H2,1-2H3,(H,29,30)/t16-,18-/m1/s1. The van der Waals surface area contributed by atoms with Gasteiger partial charge in [-0.2, -0.15) is 5.26 Å². The average molecular weight is 407 g/mol. The van der Waals surface area contributed by atoms with Crippen molar-refractivity contribution in [1.29, 1.82) is 5.26 Å². The topological polar surface area (TPSA) is 114 Å². The molecule has 2 aromatic rings. The Morgan fingerprint density at radius 2 is 2.07 bits per heavy atom. The Kier molecular flexibility index (Phi) is 5.31. The number of hydrogen-bond acceptors (Lipinski definition) is 7. The smallest absolute Gasteiger partial charge is 0.320 e. The highest BCUT2D eigenvalue weighted by atomic mass is 16.4. The van der Waals surface area contributed by atoms with Crippen molar-refractivity contribution >= 4 is 11.8 Å². The molecule has 1 aromatic carbocycles. The third-order valence-electron chi connectivity index (χ3n) is 6.20. The summed E-state index contributed by atoms with van der Waals surface area (Å²) in [6.07, 6.45) is 3.29. The number of likely N-dealkylation sites (N-methyl/N-ethyl adjacent to an activating group) is 1. The Morgan fingerprint density at radius 3 is 2.73 bits per heavy atom. The van der Waals surface area contributed by atoms with Crippen LogP contribution in [0.2, 0.25) is 0 Å². The maximum Gasteiger partial charge on any atom is 0.320 e. The summed E-state index contributed by atoms with van der Waals surface area (Å²) in [5.74, 6) is 0.113. The molecular weight excluding hydrogens is 382 g/mol. The Hall–Kier alpha value is -3.18. The molecule has 2 aliphatic rings. The van der Waals surface area contributed by atoms with Crippen LogP contribution in [0.1, 0.15) is 36.0 Å². The number of hydrogen-bond donors (Lipinski definition) is 2. The number of carbonyl (C=O) groups is 1. The highest BCUT2D eigenvalue weighted by Crippen LogP contribution is 2.36. The second kappa shape index (κ2) is 7.92. The Morgan fingerprint density at radius 1 is 1.27 bits per heavy atom. The summed E-state index contributed by atoms with van der Waals surface area (Å²) in [5, 5.41) is 37.8. The number of benzene rings is 1. The number of anilines is 1. The van der Waals surface area contributed by atoms with Crippen molar-refractivity contribution in [2.24, 2.45) is 0 Å². The molecule has 1 aromatic heterocycles. The van der Waals surface area contributed by atoms with Gasteiger partial charge in [0.1, 0.15) is 11.8 Å². The maximum atomic E-state index is 11.4. The molecule has 156 valence electrons. The first kappa shape index (κ1) is 20.1. The van der Waals surface area contributed by atoms with E-state index < -0.39 is 12.0 Å². The zero-order valence-electron chi connectivity index (χ0n) is 17.2. The number of aromatic hydroxyl groups is 1. The van der Waals surface area contributed by atoms with Gasteiger partial charge in [0.15, 0.2) is 5.82 Å². The van der Waals surface area contributed by atoms with Crippen molar-refractivity contribution in [2.75, 3.05) is 25.0 Å². The molecule has 1 fully saturated rings. The largest absolute Gasteiger partial charge is 0.507 e. The van der Waals surface area contributed by atoms with E-state index in [2.05, 4.69) is 15.1 Å². The molecule has 0 aliphatic carbocycles. The van der Waals surface area contributed by atoms with Crippen LogP contribution in [0.5, 0.6) is 5.75 Å². The maximum absolute atomic E-state index is 11.4. The summed E-state index contributed by atoms with van der Waals surface area (Å²) < 4.78 is 0. The van der Waals surface area contributed by atoms with E-state index in [0.717, 1.165) is 42.8 Å². The molecule has 30 heavy (non-hydrogen) atoms. The van der Waals surface area contributed by atoms with Gasteiger partial charge in [-0.05, 0) is 69.0 Å². The molecular formula is C22H25N5O3. The number of piperidine rings is 1. The van der Waals surface area contributed by atoms with Crippen molar-refractivity contribution in [3.63, 3.8) is 0 Å². The minimum Gasteiger partial charge on any atom is -0.507 e. The highest BCUT2D eigenvalue weighted by molar-refractivity contribution is 5.74. The molecule has 0 spiro atoms. The number of carboxylic acid groups (broad SMARTS) is 1. The third kappa shape index (κ3) is 3.57. The predicted molar refractivity (Wildman–Crippen MR) is 111 cm³/mol. The van der Waals surface area contributed by atoms with Crippen LogP contribution in [0.25, 0.3) is 11.3 Å². The molecule has 1 saturated heterocycles. The zero-order valence-corrected chi connectivity index (χ0v) is 17.2. The van der Waals surface area contributed by atoms with Crippen molar-refractivity contribution in [3.8, 4) is 23.1 Å². The molecule has 3 heterocycles. The van der Waals surface area contributed by atoms with E-state index in [1.807, 2.05) is 31.0 Å². The molecule has 8 heteroatoms. The van der Waals surface area contributed by atoms with Crippen molar-refractivity contribution in [3.05, 3.63) is 34.9 Å². The first-order chi connectivity index (χ1) is 14.4. The van der Waals surface area contributed by atoms with Gasteiger partial charge in [0.05, 0.1) is 17.3 Å². The molecule has 2 N–H and O–H groups in total. The van der Waals surface area contributed by atoms with Gasteiger partial charge < -0.3 is 15.1 Å². The second-order valence-corrected chi connectivity index (χ2v) is 8.20. The second-order valence-electron chi connectivity index (χ2n) is 8.20. The number of nitrogens with zero attached hydrogens (tertiary/aromatic N) is 5. The molecule has 0 radical (unpaired) electrons. The lowest BCUT2D eigenvalue weighted by atomic mass is 9.94. The lowest BCUT2D eigenvalue weighted by Gasteiger charge is -2.43.